The molecule has 2 aromatic rings. The maximum absolute atomic E-state index is 5.94. The highest BCUT2D eigenvalue weighted by Crippen LogP contribution is 2.21. The summed E-state index contributed by atoms with van der Waals surface area (Å²) < 4.78 is 14.0. The average Bonchev–Trinajstić information content (AvgIpc) is 3.39. The molecular weight excluding hydrogens is 342 g/mol. The van der Waals surface area contributed by atoms with E-state index in [2.05, 4.69) is 43.0 Å². The van der Waals surface area contributed by atoms with Crippen LogP contribution in [0, 0.1) is 0 Å². The minimum atomic E-state index is 0.150. The van der Waals surface area contributed by atoms with Gasteiger partial charge >= 0.3 is 0 Å². The molecule has 27 heavy (non-hydrogen) atoms. The van der Waals surface area contributed by atoms with E-state index in [0.717, 1.165) is 70.1 Å². The van der Waals surface area contributed by atoms with E-state index in [4.69, 9.17) is 9.47 Å². The molecule has 2 aliphatic heterocycles. The first-order valence-electron chi connectivity index (χ1n) is 9.94. The van der Waals surface area contributed by atoms with Gasteiger partial charge in [0, 0.05) is 39.8 Å². The number of fused-ring (bicyclic) bond motifs is 1. The molecule has 2 unspecified atom stereocenters. The number of aryl methyl sites for hydroxylation is 1. The van der Waals surface area contributed by atoms with Gasteiger partial charge in [-0.2, -0.15) is 0 Å². The van der Waals surface area contributed by atoms with Gasteiger partial charge in [-0.05, 0) is 31.4 Å². The van der Waals surface area contributed by atoms with E-state index in [0.29, 0.717) is 0 Å². The Balaban J connectivity index is 1.26. The lowest BCUT2D eigenvalue weighted by Gasteiger charge is -2.37. The van der Waals surface area contributed by atoms with E-state index in [1.807, 2.05) is 19.4 Å². The van der Waals surface area contributed by atoms with Crippen LogP contribution in [0.5, 0.6) is 0 Å². The largest absolute Gasteiger partial charge is 0.375 e. The number of guanidine groups is 1. The van der Waals surface area contributed by atoms with Gasteiger partial charge in [0.05, 0.1) is 30.1 Å². The molecule has 1 N–H and O–H groups in total. The highest BCUT2D eigenvalue weighted by atomic mass is 16.5. The summed E-state index contributed by atoms with van der Waals surface area (Å²) in [7, 11) is 1.85. The van der Waals surface area contributed by atoms with E-state index in [9.17, 15) is 0 Å². The van der Waals surface area contributed by atoms with Gasteiger partial charge in [-0.15, -0.1) is 0 Å². The van der Waals surface area contributed by atoms with Crippen LogP contribution in [0.4, 0.5) is 0 Å². The molecule has 1 aromatic carbocycles. The van der Waals surface area contributed by atoms with Crippen molar-refractivity contribution in [3.63, 3.8) is 0 Å². The summed E-state index contributed by atoms with van der Waals surface area (Å²) >= 11 is 0. The fraction of sp³-hybridized carbons (Fsp3) is 0.600. The molecule has 4 rings (SSSR count). The molecule has 0 aliphatic carbocycles. The number of nitrogens with zero attached hydrogens (tertiary/aromatic N) is 4. The zero-order chi connectivity index (χ0) is 18.5. The van der Waals surface area contributed by atoms with Gasteiger partial charge < -0.3 is 24.3 Å². The van der Waals surface area contributed by atoms with Crippen molar-refractivity contribution in [1.82, 2.24) is 19.8 Å². The molecule has 2 atom stereocenters. The van der Waals surface area contributed by atoms with Gasteiger partial charge in [-0.3, -0.25) is 4.99 Å². The lowest BCUT2D eigenvalue weighted by molar-refractivity contribution is -0.0816. The summed E-state index contributed by atoms with van der Waals surface area (Å²) in [6.45, 7) is 5.12. The predicted molar refractivity (Wildman–Crippen MR) is 106 cm³/mol. The number of ether oxygens (including phenoxy) is 2. The van der Waals surface area contributed by atoms with E-state index >= 15 is 0 Å². The van der Waals surface area contributed by atoms with E-state index in [1.165, 1.54) is 5.52 Å². The highest BCUT2D eigenvalue weighted by Gasteiger charge is 2.32. The molecule has 2 fully saturated rings. The number of aliphatic imine (C=N–C) groups is 1. The molecular formula is C20H29N5O2. The predicted octanol–water partition coefficient (Wildman–Crippen LogP) is 1.88. The van der Waals surface area contributed by atoms with Crippen LogP contribution in [0.25, 0.3) is 11.0 Å². The SMILES string of the molecule is CN=C(NCCCn1cnc2ccccc21)N1CCOC(C2CCCO2)C1. The number of hydrogen-bond donors (Lipinski definition) is 1. The summed E-state index contributed by atoms with van der Waals surface area (Å²) in [6.07, 6.45) is 5.56. The summed E-state index contributed by atoms with van der Waals surface area (Å²) in [5, 5.41) is 3.51. The second-order valence-electron chi connectivity index (χ2n) is 7.16. The van der Waals surface area contributed by atoms with Crippen molar-refractivity contribution in [1.29, 1.82) is 0 Å². The van der Waals surface area contributed by atoms with Crippen molar-refractivity contribution in [3.05, 3.63) is 30.6 Å². The van der Waals surface area contributed by atoms with E-state index in [-0.39, 0.29) is 12.2 Å². The Morgan fingerprint density at radius 1 is 1.26 bits per heavy atom. The summed E-state index contributed by atoms with van der Waals surface area (Å²) in [5.41, 5.74) is 2.24. The number of rotatable bonds is 5. The van der Waals surface area contributed by atoms with Crippen LogP contribution in [0.15, 0.2) is 35.6 Å². The normalized spacial score (nSPS) is 23.9. The lowest BCUT2D eigenvalue weighted by atomic mass is 10.1. The van der Waals surface area contributed by atoms with Crippen LogP contribution < -0.4 is 5.32 Å². The topological polar surface area (TPSA) is 63.9 Å². The van der Waals surface area contributed by atoms with Crippen molar-refractivity contribution in [2.24, 2.45) is 4.99 Å². The monoisotopic (exact) mass is 371 g/mol. The summed E-state index contributed by atoms with van der Waals surface area (Å²) in [5.74, 6) is 0.955. The number of hydrogen-bond acceptors (Lipinski definition) is 4. The van der Waals surface area contributed by atoms with Crippen LogP contribution in [-0.2, 0) is 16.0 Å². The van der Waals surface area contributed by atoms with Gasteiger partial charge in [0.2, 0.25) is 0 Å². The standard InChI is InChI=1S/C20H29N5O2/c1-21-20(24-11-13-27-19(14-24)18-8-4-12-26-18)22-9-5-10-25-15-23-16-6-2-3-7-17(16)25/h2-3,6-7,15,18-19H,4-5,8-14H2,1H3,(H,21,22). The van der Waals surface area contributed by atoms with Gasteiger partial charge in [-0.1, -0.05) is 12.1 Å². The molecule has 2 saturated heterocycles. The molecule has 7 nitrogen and oxygen atoms in total. The van der Waals surface area contributed by atoms with Gasteiger partial charge in [-0.25, -0.2) is 4.98 Å². The summed E-state index contributed by atoms with van der Waals surface area (Å²) in [4.78, 5) is 11.2. The van der Waals surface area contributed by atoms with Crippen LogP contribution in [0.3, 0.4) is 0 Å². The zero-order valence-corrected chi connectivity index (χ0v) is 16.0. The Bertz CT molecular complexity index is 769. The molecule has 0 amide bonds. The van der Waals surface area contributed by atoms with Crippen molar-refractivity contribution in [3.8, 4) is 0 Å². The third-order valence-electron chi connectivity index (χ3n) is 5.37. The van der Waals surface area contributed by atoms with Crippen molar-refractivity contribution in [2.45, 2.75) is 38.0 Å². The maximum atomic E-state index is 5.94. The quantitative estimate of drug-likeness (QED) is 0.494. The first-order chi connectivity index (χ1) is 13.3. The second-order valence-corrected chi connectivity index (χ2v) is 7.16. The van der Waals surface area contributed by atoms with Gasteiger partial charge in [0.25, 0.3) is 0 Å². The number of benzene rings is 1. The second kappa shape index (κ2) is 8.71. The molecule has 2 aliphatic rings. The Hall–Kier alpha value is -2.12. The molecule has 1 aromatic heterocycles. The fourth-order valence-electron chi connectivity index (χ4n) is 3.96. The molecule has 146 valence electrons. The molecule has 0 spiro atoms. The number of nitrogens with one attached hydrogen (secondary N) is 1. The molecule has 0 radical (unpaired) electrons. The molecule has 3 heterocycles. The summed E-state index contributed by atoms with van der Waals surface area (Å²) in [6, 6.07) is 8.25. The third-order valence-corrected chi connectivity index (χ3v) is 5.37. The van der Waals surface area contributed by atoms with Crippen LogP contribution >= 0.6 is 0 Å². The van der Waals surface area contributed by atoms with Crippen molar-refractivity contribution < 1.29 is 9.47 Å². The van der Waals surface area contributed by atoms with Crippen molar-refractivity contribution in [2.75, 3.05) is 39.9 Å². The number of aromatic nitrogens is 2. The third kappa shape index (κ3) is 4.25. The molecule has 0 saturated carbocycles. The Kier molecular flexibility index (Phi) is 5.89. The zero-order valence-electron chi connectivity index (χ0n) is 16.0. The maximum Gasteiger partial charge on any atom is 0.193 e. The highest BCUT2D eigenvalue weighted by molar-refractivity contribution is 5.80. The van der Waals surface area contributed by atoms with Crippen LogP contribution in [-0.4, -0.2) is 72.5 Å². The van der Waals surface area contributed by atoms with Gasteiger partial charge in [0.1, 0.15) is 6.10 Å². The fourth-order valence-corrected chi connectivity index (χ4v) is 3.96. The van der Waals surface area contributed by atoms with E-state index in [1.54, 1.807) is 0 Å². The minimum Gasteiger partial charge on any atom is -0.375 e. The first-order valence-corrected chi connectivity index (χ1v) is 9.94. The van der Waals surface area contributed by atoms with Crippen LogP contribution in [0.1, 0.15) is 19.3 Å². The number of imidazole rings is 1. The first kappa shape index (κ1) is 18.3. The molecule has 7 heteroatoms. The number of morpholine rings is 1. The smallest absolute Gasteiger partial charge is 0.193 e. The minimum absolute atomic E-state index is 0.150. The Labute approximate surface area is 160 Å². The number of para-hydroxylation sites is 2. The Morgan fingerprint density at radius 3 is 3.00 bits per heavy atom. The van der Waals surface area contributed by atoms with E-state index < -0.39 is 0 Å². The Morgan fingerprint density at radius 2 is 2.15 bits per heavy atom. The van der Waals surface area contributed by atoms with Gasteiger partial charge in [0.15, 0.2) is 5.96 Å². The average molecular weight is 371 g/mol. The molecule has 0 bridgehead atoms. The lowest BCUT2D eigenvalue weighted by Crippen LogP contribution is -2.53. The van der Waals surface area contributed by atoms with Crippen molar-refractivity contribution >= 4 is 17.0 Å². The van der Waals surface area contributed by atoms with Crippen LogP contribution in [0.2, 0.25) is 0 Å².